The summed E-state index contributed by atoms with van der Waals surface area (Å²) in [7, 11) is 0. The Balaban J connectivity index is 0.927. The first kappa shape index (κ1) is 44.2. The van der Waals surface area contributed by atoms with E-state index in [4.69, 9.17) is 14.5 Å². The van der Waals surface area contributed by atoms with Crippen LogP contribution in [0.1, 0.15) is 88.5 Å². The fourth-order valence-corrected chi connectivity index (χ4v) is 8.61. The predicted molar refractivity (Wildman–Crippen MR) is 246 cm³/mol. The van der Waals surface area contributed by atoms with Crippen molar-refractivity contribution in [3.05, 3.63) is 132 Å². The molecule has 0 radical (unpaired) electrons. The molecule has 2 saturated heterocycles. The van der Waals surface area contributed by atoms with Gasteiger partial charge in [-0.1, -0.05) is 78.9 Å². The molecule has 5 amide bonds. The van der Waals surface area contributed by atoms with Crippen molar-refractivity contribution in [3.63, 3.8) is 0 Å². The van der Waals surface area contributed by atoms with Crippen molar-refractivity contribution in [2.24, 2.45) is 0 Å². The molecule has 0 aliphatic carbocycles. The first-order chi connectivity index (χ1) is 31.4. The molecule has 6 aromatic rings. The summed E-state index contributed by atoms with van der Waals surface area (Å²) in [6.45, 7) is 7.90. The second-order valence-corrected chi connectivity index (χ2v) is 17.0. The van der Waals surface area contributed by atoms with E-state index in [9.17, 15) is 24.0 Å². The third-order valence-corrected chi connectivity index (χ3v) is 11.7. The van der Waals surface area contributed by atoms with Crippen LogP contribution in [0.4, 0.5) is 15.3 Å². The van der Waals surface area contributed by atoms with Crippen LogP contribution < -0.4 is 16.0 Å². The summed E-state index contributed by atoms with van der Waals surface area (Å²) in [5.74, 6) is -0.227. The molecule has 4 aromatic carbocycles. The van der Waals surface area contributed by atoms with Crippen molar-refractivity contribution >= 4 is 46.5 Å². The van der Waals surface area contributed by atoms with Crippen molar-refractivity contribution in [2.45, 2.75) is 89.8 Å². The van der Waals surface area contributed by atoms with Gasteiger partial charge in [0.15, 0.2) is 0 Å². The van der Waals surface area contributed by atoms with Crippen molar-refractivity contribution in [1.29, 1.82) is 0 Å². The number of H-pyrrole nitrogens is 2. The Morgan fingerprint density at radius 1 is 0.646 bits per heavy atom. The number of carbonyl (C=O) groups excluding carboxylic acids is 5. The number of nitrogens with zero attached hydrogens (tertiary/aromatic N) is 3. The van der Waals surface area contributed by atoms with Gasteiger partial charge in [-0.05, 0) is 100 Å². The molecule has 0 bridgehead atoms. The Kier molecular flexibility index (Phi) is 13.3. The summed E-state index contributed by atoms with van der Waals surface area (Å²) in [6, 6.07) is 30.9. The lowest BCUT2D eigenvalue weighted by Crippen LogP contribution is -2.48. The summed E-state index contributed by atoms with van der Waals surface area (Å²) < 4.78 is 10.6. The van der Waals surface area contributed by atoms with Gasteiger partial charge in [-0.25, -0.2) is 14.6 Å². The molecular weight excluding hydrogens is 825 g/mol. The van der Waals surface area contributed by atoms with Gasteiger partial charge in [0, 0.05) is 40.9 Å². The summed E-state index contributed by atoms with van der Waals surface area (Å²) >= 11 is 0. The molecule has 65 heavy (non-hydrogen) atoms. The van der Waals surface area contributed by atoms with Crippen LogP contribution in [0.25, 0.3) is 33.4 Å². The van der Waals surface area contributed by atoms with Gasteiger partial charge in [0.05, 0.1) is 30.1 Å². The number of ether oxygens (including phenoxy) is 2. The molecule has 2 aliphatic rings. The highest BCUT2D eigenvalue weighted by Gasteiger charge is 2.39. The topological polar surface area (TPSA) is 191 Å². The average molecular weight is 879 g/mol. The van der Waals surface area contributed by atoms with Gasteiger partial charge in [0.1, 0.15) is 23.9 Å². The van der Waals surface area contributed by atoms with Gasteiger partial charge < -0.3 is 45.2 Å². The highest BCUT2D eigenvalue weighted by Crippen LogP contribution is 2.35. The van der Waals surface area contributed by atoms with Gasteiger partial charge in [0.2, 0.25) is 5.91 Å². The molecule has 15 nitrogen and oxygen atoms in total. The van der Waals surface area contributed by atoms with Crippen molar-refractivity contribution in [1.82, 2.24) is 35.4 Å². The highest BCUT2D eigenvalue weighted by atomic mass is 16.6. The van der Waals surface area contributed by atoms with Gasteiger partial charge in [-0.2, -0.15) is 0 Å². The van der Waals surface area contributed by atoms with E-state index in [0.29, 0.717) is 48.6 Å². The lowest BCUT2D eigenvalue weighted by atomic mass is 10.0. The molecule has 8 rings (SSSR count). The number of likely N-dealkylation sites (tertiary alicyclic amines) is 2. The van der Waals surface area contributed by atoms with Crippen LogP contribution in [-0.2, 0) is 23.9 Å². The number of carbonyl (C=O) groups is 5. The third kappa shape index (κ3) is 10.2. The van der Waals surface area contributed by atoms with Crippen LogP contribution in [0.3, 0.4) is 0 Å². The number of aromatic amines is 2. The normalized spacial score (nSPS) is 17.0. The SMILES string of the molecule is CC(C)OC(=O)NC(C(=O)N1CCC[C@H]1C(=O)Nc1ccc(-c2cc3cc(-c4cnc([C@@H]5CCCN5C(=O)C(NC(=O)OC(C)C)c5ccccc5)[nH]4)ccc3[nH]2)cc1)c1ccccc1. The standard InChI is InChI=1S/C50H54N8O7/c1-30(2)64-49(62)55-43(33-13-7-5-8-14-33)47(60)57-25-11-17-41(57)45-51-29-40(54-45)35-21-24-38-36(27-35)28-39(53-38)32-19-22-37(23-20-32)52-46(59)42-18-12-26-58(42)48(61)44(34-15-9-6-10-16-34)56-50(63)65-31(3)4/h5-10,13-16,19-24,27-31,41-44,53H,11-12,17-18,25-26H2,1-4H3,(H,51,54)(H,52,59)(H,55,62)(H,56,63)/t41-,42-,43?,44?/m0/s1. The van der Waals surface area contributed by atoms with E-state index < -0.39 is 30.3 Å². The number of amides is 5. The zero-order valence-electron chi connectivity index (χ0n) is 36.9. The number of benzene rings is 4. The summed E-state index contributed by atoms with van der Waals surface area (Å²) in [6.07, 6.45) is 2.39. The first-order valence-corrected chi connectivity index (χ1v) is 22.2. The molecule has 0 spiro atoms. The van der Waals surface area contributed by atoms with E-state index in [-0.39, 0.29) is 36.0 Å². The number of rotatable bonds is 13. The third-order valence-electron chi connectivity index (χ3n) is 11.7. The average Bonchev–Trinajstić information content (AvgIpc) is 4.14. The maximum absolute atomic E-state index is 14.1. The summed E-state index contributed by atoms with van der Waals surface area (Å²) in [5, 5.41) is 9.48. The van der Waals surface area contributed by atoms with E-state index in [1.165, 1.54) is 0 Å². The minimum atomic E-state index is -1.01. The number of anilines is 1. The number of hydrogen-bond donors (Lipinski definition) is 5. The maximum Gasteiger partial charge on any atom is 0.408 e. The van der Waals surface area contributed by atoms with Crippen LogP contribution in [0.15, 0.2) is 115 Å². The molecular formula is C50H54N8O7. The van der Waals surface area contributed by atoms with Crippen LogP contribution in [0.2, 0.25) is 0 Å². The molecule has 336 valence electrons. The van der Waals surface area contributed by atoms with Crippen molar-refractivity contribution in [2.75, 3.05) is 18.4 Å². The lowest BCUT2D eigenvalue weighted by Gasteiger charge is -2.29. The smallest absolute Gasteiger partial charge is 0.408 e. The van der Waals surface area contributed by atoms with Crippen LogP contribution >= 0.6 is 0 Å². The Bertz CT molecular complexity index is 2640. The summed E-state index contributed by atoms with van der Waals surface area (Å²) in [4.78, 5) is 82.1. The minimum absolute atomic E-state index is 0.227. The Hall–Kier alpha value is -7.42. The number of fused-ring (bicyclic) bond motifs is 1. The summed E-state index contributed by atoms with van der Waals surface area (Å²) in [5.41, 5.74) is 6.34. The predicted octanol–water partition coefficient (Wildman–Crippen LogP) is 8.57. The maximum atomic E-state index is 14.1. The van der Waals surface area contributed by atoms with E-state index in [2.05, 4.69) is 38.1 Å². The van der Waals surface area contributed by atoms with Gasteiger partial charge in [-0.3, -0.25) is 14.4 Å². The molecule has 15 heteroatoms. The molecule has 4 atom stereocenters. The molecule has 5 N–H and O–H groups in total. The fourth-order valence-electron chi connectivity index (χ4n) is 8.61. The molecule has 0 saturated carbocycles. The highest BCUT2D eigenvalue weighted by molar-refractivity contribution is 5.99. The molecule has 2 unspecified atom stereocenters. The zero-order valence-corrected chi connectivity index (χ0v) is 36.9. The number of imidazole rings is 1. The largest absolute Gasteiger partial charge is 0.447 e. The van der Waals surface area contributed by atoms with E-state index in [0.717, 1.165) is 46.3 Å². The number of nitrogens with one attached hydrogen (secondary N) is 5. The number of aromatic nitrogens is 3. The van der Waals surface area contributed by atoms with E-state index >= 15 is 0 Å². The van der Waals surface area contributed by atoms with E-state index in [1.54, 1.807) is 68.0 Å². The van der Waals surface area contributed by atoms with Gasteiger partial charge in [-0.15, -0.1) is 0 Å². The lowest BCUT2D eigenvalue weighted by molar-refractivity contribution is -0.138. The Labute approximate surface area is 377 Å². The van der Waals surface area contributed by atoms with Crippen molar-refractivity contribution < 1.29 is 33.4 Å². The zero-order chi connectivity index (χ0) is 45.6. The van der Waals surface area contributed by atoms with E-state index in [1.807, 2.05) is 72.8 Å². The Morgan fingerprint density at radius 3 is 1.83 bits per heavy atom. The molecule has 2 aliphatic heterocycles. The fraction of sp³-hybridized carbons (Fsp3) is 0.320. The van der Waals surface area contributed by atoms with Gasteiger partial charge in [0.25, 0.3) is 11.8 Å². The number of alkyl carbamates (subject to hydrolysis) is 2. The number of hydrogen-bond acceptors (Lipinski definition) is 8. The molecule has 2 fully saturated rings. The minimum Gasteiger partial charge on any atom is -0.447 e. The Morgan fingerprint density at radius 2 is 1.22 bits per heavy atom. The second-order valence-electron chi connectivity index (χ2n) is 17.0. The van der Waals surface area contributed by atoms with Crippen LogP contribution in [0.5, 0.6) is 0 Å². The van der Waals surface area contributed by atoms with Crippen LogP contribution in [-0.4, -0.2) is 86.0 Å². The van der Waals surface area contributed by atoms with Crippen molar-refractivity contribution in [3.8, 4) is 22.5 Å². The molecule has 2 aromatic heterocycles. The quantitative estimate of drug-likeness (QED) is 0.0762. The van der Waals surface area contributed by atoms with Gasteiger partial charge >= 0.3 is 12.2 Å². The monoisotopic (exact) mass is 878 g/mol. The van der Waals surface area contributed by atoms with Crippen LogP contribution in [0, 0.1) is 0 Å². The first-order valence-electron chi connectivity index (χ1n) is 22.2. The molecule has 4 heterocycles. The second kappa shape index (κ2) is 19.5.